The van der Waals surface area contributed by atoms with Gasteiger partial charge >= 0.3 is 0 Å². The van der Waals surface area contributed by atoms with Crippen LogP contribution in [-0.2, 0) is 22.5 Å². The lowest BCUT2D eigenvalue weighted by molar-refractivity contribution is -0.120. The first-order valence-electron chi connectivity index (χ1n) is 6.22. The molecule has 1 heterocycles. The number of hydrogen-bond acceptors (Lipinski definition) is 3. The highest BCUT2D eigenvalue weighted by atomic mass is 19.1. The van der Waals surface area contributed by atoms with Crippen LogP contribution in [0, 0.1) is 5.82 Å². The van der Waals surface area contributed by atoms with Crippen LogP contribution in [0.5, 0.6) is 0 Å². The number of rotatable bonds is 5. The molecule has 1 aliphatic heterocycles. The van der Waals surface area contributed by atoms with Crippen molar-refractivity contribution < 1.29 is 13.9 Å². The normalized spacial score (nSPS) is 13.7. The number of benzene rings is 1. The van der Waals surface area contributed by atoms with Gasteiger partial charge in [0.1, 0.15) is 12.4 Å². The zero-order chi connectivity index (χ0) is 13.7. The second kappa shape index (κ2) is 6.45. The van der Waals surface area contributed by atoms with E-state index in [0.29, 0.717) is 25.1 Å². The van der Waals surface area contributed by atoms with Crippen molar-refractivity contribution in [1.29, 1.82) is 0 Å². The number of ether oxygens (including phenoxy) is 1. The summed E-state index contributed by atoms with van der Waals surface area (Å²) in [5.41, 5.74) is 1.85. The molecule has 5 heteroatoms. The Labute approximate surface area is 111 Å². The van der Waals surface area contributed by atoms with Gasteiger partial charge in [-0.1, -0.05) is 12.1 Å². The maximum absolute atomic E-state index is 14.2. The van der Waals surface area contributed by atoms with Crippen LogP contribution in [0.4, 0.5) is 10.1 Å². The summed E-state index contributed by atoms with van der Waals surface area (Å²) in [7, 11) is 0. The van der Waals surface area contributed by atoms with E-state index in [0.717, 1.165) is 12.1 Å². The fourth-order valence-corrected chi connectivity index (χ4v) is 2.05. The lowest BCUT2D eigenvalue weighted by atomic mass is 9.99. The molecule has 2 rings (SSSR count). The van der Waals surface area contributed by atoms with Gasteiger partial charge in [-0.05, 0) is 30.2 Å². The van der Waals surface area contributed by atoms with E-state index in [4.69, 9.17) is 4.74 Å². The summed E-state index contributed by atoms with van der Waals surface area (Å²) in [6.45, 7) is 5.09. The first-order chi connectivity index (χ1) is 9.22. The van der Waals surface area contributed by atoms with Gasteiger partial charge in [-0.2, -0.15) is 0 Å². The van der Waals surface area contributed by atoms with Gasteiger partial charge in [-0.25, -0.2) is 4.39 Å². The van der Waals surface area contributed by atoms with Crippen molar-refractivity contribution in [3.8, 4) is 0 Å². The molecule has 1 aliphatic rings. The molecule has 0 aromatic heterocycles. The Balaban J connectivity index is 2.04. The minimum atomic E-state index is -0.366. The SMILES string of the molecule is C=CCOCC(=O)Nc1ccc2c(c1F)CCNC2. The third kappa shape index (κ3) is 3.39. The molecule has 2 N–H and O–H groups in total. The zero-order valence-electron chi connectivity index (χ0n) is 10.7. The van der Waals surface area contributed by atoms with E-state index in [2.05, 4.69) is 17.2 Å². The van der Waals surface area contributed by atoms with Gasteiger partial charge in [0, 0.05) is 6.54 Å². The van der Waals surface area contributed by atoms with Gasteiger partial charge in [-0.3, -0.25) is 4.79 Å². The smallest absolute Gasteiger partial charge is 0.250 e. The number of nitrogens with one attached hydrogen (secondary N) is 2. The van der Waals surface area contributed by atoms with E-state index in [1.807, 2.05) is 6.07 Å². The quantitative estimate of drug-likeness (QED) is 0.627. The van der Waals surface area contributed by atoms with E-state index in [9.17, 15) is 9.18 Å². The highest BCUT2D eigenvalue weighted by molar-refractivity contribution is 5.92. The van der Waals surface area contributed by atoms with Crippen molar-refractivity contribution in [2.24, 2.45) is 0 Å². The largest absolute Gasteiger partial charge is 0.368 e. The van der Waals surface area contributed by atoms with E-state index in [1.165, 1.54) is 0 Å². The van der Waals surface area contributed by atoms with Crippen LogP contribution in [0.25, 0.3) is 0 Å². The Morgan fingerprint density at radius 3 is 3.21 bits per heavy atom. The van der Waals surface area contributed by atoms with Crippen LogP contribution in [0.3, 0.4) is 0 Å². The average molecular weight is 264 g/mol. The molecular formula is C14H17FN2O2. The molecular weight excluding hydrogens is 247 g/mol. The second-order valence-corrected chi connectivity index (χ2v) is 4.34. The Kier molecular flexibility index (Phi) is 4.65. The molecule has 0 bridgehead atoms. The summed E-state index contributed by atoms with van der Waals surface area (Å²) in [5, 5.41) is 5.70. The lowest BCUT2D eigenvalue weighted by Gasteiger charge is -2.19. The average Bonchev–Trinajstić information content (AvgIpc) is 2.43. The third-order valence-electron chi connectivity index (χ3n) is 2.95. The van der Waals surface area contributed by atoms with Gasteiger partial charge in [0.2, 0.25) is 5.91 Å². The molecule has 0 fully saturated rings. The van der Waals surface area contributed by atoms with Crippen LogP contribution in [0.1, 0.15) is 11.1 Å². The molecule has 1 aromatic rings. The van der Waals surface area contributed by atoms with Crippen LogP contribution >= 0.6 is 0 Å². The summed E-state index contributed by atoms with van der Waals surface area (Å²) >= 11 is 0. The Morgan fingerprint density at radius 1 is 1.58 bits per heavy atom. The molecule has 0 aliphatic carbocycles. The summed E-state index contributed by atoms with van der Waals surface area (Å²) < 4.78 is 19.2. The molecule has 0 saturated heterocycles. The zero-order valence-corrected chi connectivity index (χ0v) is 10.7. The third-order valence-corrected chi connectivity index (χ3v) is 2.95. The van der Waals surface area contributed by atoms with E-state index in [1.54, 1.807) is 12.1 Å². The van der Waals surface area contributed by atoms with Gasteiger partial charge in [-0.15, -0.1) is 6.58 Å². The summed E-state index contributed by atoms with van der Waals surface area (Å²) in [6.07, 6.45) is 2.19. The fourth-order valence-electron chi connectivity index (χ4n) is 2.05. The summed E-state index contributed by atoms with van der Waals surface area (Å²) in [4.78, 5) is 11.6. The van der Waals surface area contributed by atoms with E-state index < -0.39 is 0 Å². The standard InChI is InChI=1S/C14H17FN2O2/c1-2-7-19-9-13(18)17-12-4-3-10-8-16-6-5-11(10)14(12)15/h2-4,16H,1,5-9H2,(H,17,18). The second-order valence-electron chi connectivity index (χ2n) is 4.34. The minimum absolute atomic E-state index is 0.107. The van der Waals surface area contributed by atoms with Gasteiger partial charge in [0.05, 0.1) is 12.3 Å². The van der Waals surface area contributed by atoms with Gasteiger partial charge in [0.25, 0.3) is 0 Å². The molecule has 0 spiro atoms. The highest BCUT2D eigenvalue weighted by Crippen LogP contribution is 2.24. The maximum atomic E-state index is 14.2. The van der Waals surface area contributed by atoms with Crippen LogP contribution in [0.2, 0.25) is 0 Å². The molecule has 0 unspecified atom stereocenters. The van der Waals surface area contributed by atoms with E-state index in [-0.39, 0.29) is 24.0 Å². The first kappa shape index (κ1) is 13.7. The van der Waals surface area contributed by atoms with Crippen LogP contribution in [0.15, 0.2) is 24.8 Å². The van der Waals surface area contributed by atoms with Crippen molar-refractivity contribution >= 4 is 11.6 Å². The lowest BCUT2D eigenvalue weighted by Crippen LogP contribution is -2.25. The van der Waals surface area contributed by atoms with Crippen molar-refractivity contribution in [1.82, 2.24) is 5.32 Å². The molecule has 1 amide bonds. The van der Waals surface area contributed by atoms with Crippen molar-refractivity contribution in [2.75, 3.05) is 25.1 Å². The van der Waals surface area contributed by atoms with E-state index >= 15 is 0 Å². The number of fused-ring (bicyclic) bond motifs is 1. The predicted molar refractivity (Wildman–Crippen MR) is 71.5 cm³/mol. The Morgan fingerprint density at radius 2 is 2.42 bits per heavy atom. The number of anilines is 1. The molecule has 4 nitrogen and oxygen atoms in total. The molecule has 1 aromatic carbocycles. The van der Waals surface area contributed by atoms with Crippen molar-refractivity contribution in [2.45, 2.75) is 13.0 Å². The van der Waals surface area contributed by atoms with Gasteiger partial charge < -0.3 is 15.4 Å². The Hall–Kier alpha value is -1.72. The molecule has 19 heavy (non-hydrogen) atoms. The van der Waals surface area contributed by atoms with Crippen LogP contribution in [-0.4, -0.2) is 25.7 Å². The number of carbonyl (C=O) groups excluding carboxylic acids is 1. The topological polar surface area (TPSA) is 50.4 Å². The predicted octanol–water partition coefficient (Wildman–Crippen LogP) is 1.61. The molecule has 102 valence electrons. The number of carbonyl (C=O) groups is 1. The fraction of sp³-hybridized carbons (Fsp3) is 0.357. The molecule has 0 radical (unpaired) electrons. The van der Waals surface area contributed by atoms with Crippen molar-refractivity contribution in [3.05, 3.63) is 41.7 Å². The number of halogens is 1. The molecule has 0 saturated carbocycles. The van der Waals surface area contributed by atoms with Crippen molar-refractivity contribution in [3.63, 3.8) is 0 Å². The highest BCUT2D eigenvalue weighted by Gasteiger charge is 2.17. The summed E-state index contributed by atoms with van der Waals surface area (Å²) in [5.74, 6) is -0.703. The number of amides is 1. The van der Waals surface area contributed by atoms with Crippen LogP contribution < -0.4 is 10.6 Å². The monoisotopic (exact) mass is 264 g/mol. The summed E-state index contributed by atoms with van der Waals surface area (Å²) in [6, 6.07) is 3.43. The number of hydrogen-bond donors (Lipinski definition) is 2. The molecule has 0 atom stereocenters. The maximum Gasteiger partial charge on any atom is 0.250 e. The Bertz CT molecular complexity index is 489. The first-order valence-corrected chi connectivity index (χ1v) is 6.22. The van der Waals surface area contributed by atoms with Gasteiger partial charge in [0.15, 0.2) is 0 Å². The minimum Gasteiger partial charge on any atom is -0.368 e.